The van der Waals surface area contributed by atoms with E-state index in [-0.39, 0.29) is 17.1 Å². The van der Waals surface area contributed by atoms with Gasteiger partial charge in [-0.1, -0.05) is 11.6 Å². The van der Waals surface area contributed by atoms with Crippen LogP contribution in [-0.2, 0) is 0 Å². The highest BCUT2D eigenvalue weighted by atomic mass is 35.5. The molecular formula is C12H12ClN3OS. The highest BCUT2D eigenvalue weighted by molar-refractivity contribution is 7.11. The molecule has 0 aliphatic heterocycles. The monoisotopic (exact) mass is 281 g/mol. The third-order valence-electron chi connectivity index (χ3n) is 2.36. The van der Waals surface area contributed by atoms with E-state index < -0.39 is 0 Å². The summed E-state index contributed by atoms with van der Waals surface area (Å²) >= 11 is 7.43. The van der Waals surface area contributed by atoms with E-state index in [1.54, 1.807) is 35.9 Å². The second kappa shape index (κ2) is 5.46. The van der Waals surface area contributed by atoms with E-state index in [0.717, 1.165) is 9.88 Å². The highest BCUT2D eigenvalue weighted by Gasteiger charge is 2.16. The summed E-state index contributed by atoms with van der Waals surface area (Å²) < 4.78 is 0. The molecule has 0 aliphatic rings. The summed E-state index contributed by atoms with van der Waals surface area (Å²) in [4.78, 5) is 21.2. The summed E-state index contributed by atoms with van der Waals surface area (Å²) in [5.74, 6) is -0.242. The number of hydrogen-bond donors (Lipinski definition) is 1. The van der Waals surface area contributed by atoms with E-state index in [0.29, 0.717) is 5.56 Å². The number of hydrogen-bond acceptors (Lipinski definition) is 4. The smallest absolute Gasteiger partial charge is 0.254 e. The Morgan fingerprint density at radius 1 is 1.50 bits per heavy atom. The van der Waals surface area contributed by atoms with Gasteiger partial charge >= 0.3 is 0 Å². The number of aryl methyl sites for hydroxylation is 1. The minimum absolute atomic E-state index is 0.146. The molecule has 1 atom stereocenters. The zero-order valence-corrected chi connectivity index (χ0v) is 11.5. The van der Waals surface area contributed by atoms with Crippen molar-refractivity contribution in [3.8, 4) is 0 Å². The lowest BCUT2D eigenvalue weighted by Gasteiger charge is -2.11. The van der Waals surface area contributed by atoms with E-state index in [9.17, 15) is 4.79 Å². The zero-order chi connectivity index (χ0) is 13.1. The van der Waals surface area contributed by atoms with E-state index in [2.05, 4.69) is 15.3 Å². The Balaban J connectivity index is 2.10. The Hall–Kier alpha value is -1.46. The first kappa shape index (κ1) is 13.0. The fourth-order valence-corrected chi connectivity index (χ4v) is 2.45. The molecule has 0 aromatic carbocycles. The van der Waals surface area contributed by atoms with Gasteiger partial charge in [0.05, 0.1) is 11.6 Å². The van der Waals surface area contributed by atoms with Crippen LogP contribution in [0.5, 0.6) is 0 Å². The fraction of sp³-hybridized carbons (Fsp3) is 0.250. The number of rotatable bonds is 3. The van der Waals surface area contributed by atoms with Crippen molar-refractivity contribution < 1.29 is 4.79 Å². The van der Waals surface area contributed by atoms with Gasteiger partial charge in [-0.2, -0.15) is 0 Å². The predicted molar refractivity (Wildman–Crippen MR) is 72.0 cm³/mol. The zero-order valence-electron chi connectivity index (χ0n) is 9.98. The number of halogens is 1. The van der Waals surface area contributed by atoms with Crippen LogP contribution in [0, 0.1) is 6.92 Å². The van der Waals surface area contributed by atoms with Crippen molar-refractivity contribution in [3.05, 3.63) is 45.1 Å². The normalized spacial score (nSPS) is 12.2. The first-order chi connectivity index (χ1) is 8.58. The summed E-state index contributed by atoms with van der Waals surface area (Å²) in [5.41, 5.74) is 0.374. The van der Waals surface area contributed by atoms with E-state index in [4.69, 9.17) is 11.6 Å². The Morgan fingerprint density at radius 3 is 2.89 bits per heavy atom. The largest absolute Gasteiger partial charge is 0.343 e. The van der Waals surface area contributed by atoms with Crippen molar-refractivity contribution in [1.82, 2.24) is 15.3 Å². The third-order valence-corrected chi connectivity index (χ3v) is 3.76. The van der Waals surface area contributed by atoms with Gasteiger partial charge in [-0.15, -0.1) is 11.3 Å². The van der Waals surface area contributed by atoms with Gasteiger partial charge in [0.15, 0.2) is 0 Å². The molecule has 2 aromatic heterocycles. The SMILES string of the molecule is Cc1cnc(C(C)NC(=O)c2cccnc2Cl)s1. The first-order valence-electron chi connectivity index (χ1n) is 5.41. The lowest BCUT2D eigenvalue weighted by Crippen LogP contribution is -2.26. The molecule has 0 bridgehead atoms. The Kier molecular flexibility index (Phi) is 3.93. The van der Waals surface area contributed by atoms with Crippen LogP contribution in [0.2, 0.25) is 5.15 Å². The van der Waals surface area contributed by atoms with Crippen LogP contribution >= 0.6 is 22.9 Å². The average Bonchev–Trinajstić information content (AvgIpc) is 2.76. The summed E-state index contributed by atoms with van der Waals surface area (Å²) in [7, 11) is 0. The molecule has 2 aromatic rings. The number of aromatic nitrogens is 2. The Morgan fingerprint density at radius 2 is 2.28 bits per heavy atom. The van der Waals surface area contributed by atoms with Crippen LogP contribution < -0.4 is 5.32 Å². The lowest BCUT2D eigenvalue weighted by molar-refractivity contribution is 0.0939. The Bertz CT molecular complexity index is 570. The number of carbonyl (C=O) groups is 1. The summed E-state index contributed by atoms with van der Waals surface area (Å²) in [6.07, 6.45) is 3.34. The number of nitrogens with one attached hydrogen (secondary N) is 1. The van der Waals surface area contributed by atoms with E-state index in [1.807, 2.05) is 13.8 Å². The molecule has 0 saturated heterocycles. The number of amides is 1. The van der Waals surface area contributed by atoms with Crippen LogP contribution in [0.3, 0.4) is 0 Å². The molecule has 2 heterocycles. The van der Waals surface area contributed by atoms with Gasteiger partial charge in [-0.3, -0.25) is 4.79 Å². The molecule has 0 saturated carbocycles. The molecule has 2 rings (SSSR count). The van der Waals surface area contributed by atoms with E-state index in [1.165, 1.54) is 0 Å². The van der Waals surface area contributed by atoms with Crippen molar-refractivity contribution in [2.45, 2.75) is 19.9 Å². The minimum Gasteiger partial charge on any atom is -0.343 e. The van der Waals surface area contributed by atoms with Crippen LogP contribution in [0.15, 0.2) is 24.5 Å². The van der Waals surface area contributed by atoms with Crippen LogP contribution in [0.4, 0.5) is 0 Å². The van der Waals surface area contributed by atoms with Gasteiger partial charge in [0, 0.05) is 17.3 Å². The maximum atomic E-state index is 12.0. The van der Waals surface area contributed by atoms with Gasteiger partial charge in [0.1, 0.15) is 10.2 Å². The molecular weight excluding hydrogens is 270 g/mol. The number of thiazole rings is 1. The molecule has 0 aliphatic carbocycles. The van der Waals surface area contributed by atoms with Gasteiger partial charge in [-0.25, -0.2) is 9.97 Å². The number of pyridine rings is 1. The Labute approximate surface area is 114 Å². The number of carbonyl (C=O) groups excluding carboxylic acids is 1. The summed E-state index contributed by atoms with van der Waals surface area (Å²) in [6.45, 7) is 3.87. The van der Waals surface area contributed by atoms with Gasteiger partial charge in [-0.05, 0) is 26.0 Å². The average molecular weight is 282 g/mol. The van der Waals surface area contributed by atoms with Gasteiger partial charge in [0.25, 0.3) is 5.91 Å². The molecule has 18 heavy (non-hydrogen) atoms. The van der Waals surface area contributed by atoms with Gasteiger partial charge in [0.2, 0.25) is 0 Å². The van der Waals surface area contributed by atoms with Crippen molar-refractivity contribution in [3.63, 3.8) is 0 Å². The third kappa shape index (κ3) is 2.86. The number of nitrogens with zero attached hydrogens (tertiary/aromatic N) is 2. The first-order valence-corrected chi connectivity index (χ1v) is 6.61. The van der Waals surface area contributed by atoms with E-state index >= 15 is 0 Å². The predicted octanol–water partition coefficient (Wildman–Crippen LogP) is 2.99. The molecule has 0 spiro atoms. The van der Waals surface area contributed by atoms with Gasteiger partial charge < -0.3 is 5.32 Å². The van der Waals surface area contributed by atoms with Crippen molar-refractivity contribution in [1.29, 1.82) is 0 Å². The molecule has 6 heteroatoms. The van der Waals surface area contributed by atoms with Crippen molar-refractivity contribution in [2.75, 3.05) is 0 Å². The maximum Gasteiger partial charge on any atom is 0.254 e. The summed E-state index contributed by atoms with van der Waals surface area (Å²) in [5, 5.41) is 3.93. The van der Waals surface area contributed by atoms with Crippen LogP contribution in [0.1, 0.15) is 33.2 Å². The molecule has 4 nitrogen and oxygen atoms in total. The fourth-order valence-electron chi connectivity index (χ4n) is 1.46. The summed E-state index contributed by atoms with van der Waals surface area (Å²) in [6, 6.07) is 3.18. The van der Waals surface area contributed by atoms with Crippen LogP contribution in [0.25, 0.3) is 0 Å². The standard InChI is InChI=1S/C12H12ClN3OS/c1-7-6-15-12(18-7)8(2)16-11(17)9-4-3-5-14-10(9)13/h3-6,8H,1-2H3,(H,16,17). The molecule has 1 N–H and O–H groups in total. The maximum absolute atomic E-state index is 12.0. The van der Waals surface area contributed by atoms with Crippen LogP contribution in [-0.4, -0.2) is 15.9 Å². The molecule has 0 fully saturated rings. The van der Waals surface area contributed by atoms with Crippen molar-refractivity contribution >= 4 is 28.8 Å². The second-order valence-electron chi connectivity index (χ2n) is 3.85. The second-order valence-corrected chi connectivity index (χ2v) is 5.47. The van der Waals surface area contributed by atoms with Crippen molar-refractivity contribution in [2.24, 2.45) is 0 Å². The topological polar surface area (TPSA) is 54.9 Å². The molecule has 1 unspecified atom stereocenters. The molecule has 0 radical (unpaired) electrons. The molecule has 1 amide bonds. The quantitative estimate of drug-likeness (QED) is 0.880. The minimum atomic E-state index is -0.242. The molecule has 94 valence electrons. The lowest BCUT2D eigenvalue weighted by atomic mass is 10.2. The highest BCUT2D eigenvalue weighted by Crippen LogP contribution is 2.20.